The zero-order valence-corrected chi connectivity index (χ0v) is 10.8. The summed E-state index contributed by atoms with van der Waals surface area (Å²) in [5.41, 5.74) is 0. The average Bonchev–Trinajstić information content (AvgIpc) is 2.30. The number of ether oxygens (including phenoxy) is 1. The van der Waals surface area contributed by atoms with Crippen LogP contribution in [0.15, 0.2) is 0 Å². The van der Waals surface area contributed by atoms with Crippen molar-refractivity contribution in [1.82, 2.24) is 5.32 Å². The number of hydrogen-bond acceptors (Lipinski definition) is 2. The van der Waals surface area contributed by atoms with Gasteiger partial charge in [-0.15, -0.1) is 11.6 Å². The van der Waals surface area contributed by atoms with Crippen molar-refractivity contribution in [3.05, 3.63) is 0 Å². The third kappa shape index (κ3) is 4.23. The number of halogens is 1. The highest BCUT2D eigenvalue weighted by Crippen LogP contribution is 2.27. The topological polar surface area (TPSA) is 21.3 Å². The molecule has 2 nitrogen and oxygen atoms in total. The van der Waals surface area contributed by atoms with Gasteiger partial charge in [0.25, 0.3) is 0 Å². The normalized spacial score (nSPS) is 36.2. The van der Waals surface area contributed by atoms with Gasteiger partial charge < -0.3 is 10.1 Å². The molecule has 16 heavy (non-hydrogen) atoms. The second-order valence-corrected chi connectivity index (χ2v) is 5.89. The molecule has 0 aromatic rings. The molecule has 2 rings (SSSR count). The van der Waals surface area contributed by atoms with Gasteiger partial charge in [-0.25, -0.2) is 0 Å². The van der Waals surface area contributed by atoms with Crippen LogP contribution < -0.4 is 5.32 Å². The van der Waals surface area contributed by atoms with Crippen LogP contribution in [0.2, 0.25) is 0 Å². The molecule has 0 amide bonds. The second kappa shape index (κ2) is 6.83. The molecule has 3 atom stereocenters. The van der Waals surface area contributed by atoms with E-state index in [0.29, 0.717) is 11.5 Å². The highest BCUT2D eigenvalue weighted by molar-refractivity contribution is 6.20. The SMILES string of the molecule is ClC1CCCC(CNCC2CCCCO2)C1. The van der Waals surface area contributed by atoms with Gasteiger partial charge in [0, 0.05) is 18.5 Å². The van der Waals surface area contributed by atoms with E-state index in [-0.39, 0.29) is 0 Å². The van der Waals surface area contributed by atoms with Crippen molar-refractivity contribution in [1.29, 1.82) is 0 Å². The summed E-state index contributed by atoms with van der Waals surface area (Å²) in [6.07, 6.45) is 9.33. The Morgan fingerprint density at radius 2 is 2.00 bits per heavy atom. The Hall–Kier alpha value is 0.210. The van der Waals surface area contributed by atoms with Gasteiger partial charge in [0.2, 0.25) is 0 Å². The largest absolute Gasteiger partial charge is 0.377 e. The third-order valence-electron chi connectivity index (χ3n) is 3.80. The second-order valence-electron chi connectivity index (χ2n) is 5.28. The van der Waals surface area contributed by atoms with Gasteiger partial charge >= 0.3 is 0 Å². The van der Waals surface area contributed by atoms with E-state index in [4.69, 9.17) is 16.3 Å². The molecule has 3 unspecified atom stereocenters. The maximum Gasteiger partial charge on any atom is 0.0699 e. The first-order valence-electron chi connectivity index (χ1n) is 6.81. The first-order chi connectivity index (χ1) is 7.84. The van der Waals surface area contributed by atoms with E-state index in [1.165, 1.54) is 44.9 Å². The van der Waals surface area contributed by atoms with Crippen LogP contribution in [0.1, 0.15) is 44.9 Å². The average molecular weight is 246 g/mol. The summed E-state index contributed by atoms with van der Waals surface area (Å²) in [5.74, 6) is 0.792. The standard InChI is InChI=1S/C13H24ClNO/c14-12-5-3-4-11(8-12)9-15-10-13-6-1-2-7-16-13/h11-13,15H,1-10H2. The van der Waals surface area contributed by atoms with Crippen molar-refractivity contribution in [2.75, 3.05) is 19.7 Å². The van der Waals surface area contributed by atoms with E-state index in [1.807, 2.05) is 0 Å². The van der Waals surface area contributed by atoms with Crippen LogP contribution in [0.4, 0.5) is 0 Å². The maximum absolute atomic E-state index is 6.19. The summed E-state index contributed by atoms with van der Waals surface area (Å²) in [6.45, 7) is 3.12. The van der Waals surface area contributed by atoms with Gasteiger partial charge in [-0.1, -0.05) is 6.42 Å². The van der Waals surface area contributed by atoms with Crippen molar-refractivity contribution < 1.29 is 4.74 Å². The summed E-state index contributed by atoms with van der Waals surface area (Å²) < 4.78 is 5.70. The summed E-state index contributed by atoms with van der Waals surface area (Å²) in [6, 6.07) is 0. The van der Waals surface area contributed by atoms with E-state index in [9.17, 15) is 0 Å². The molecule has 1 heterocycles. The fraction of sp³-hybridized carbons (Fsp3) is 1.00. The van der Waals surface area contributed by atoms with Crippen molar-refractivity contribution in [2.24, 2.45) is 5.92 Å². The molecule has 1 saturated carbocycles. The Morgan fingerprint density at radius 1 is 1.06 bits per heavy atom. The lowest BCUT2D eigenvalue weighted by Crippen LogP contribution is -2.35. The molecule has 1 aliphatic heterocycles. The lowest BCUT2D eigenvalue weighted by Gasteiger charge is -2.27. The van der Waals surface area contributed by atoms with Gasteiger partial charge in [0.1, 0.15) is 0 Å². The predicted molar refractivity (Wildman–Crippen MR) is 68.1 cm³/mol. The van der Waals surface area contributed by atoms with Crippen LogP contribution in [0.25, 0.3) is 0 Å². The molecule has 94 valence electrons. The summed E-state index contributed by atoms with van der Waals surface area (Å²) >= 11 is 6.19. The highest BCUT2D eigenvalue weighted by Gasteiger charge is 2.20. The van der Waals surface area contributed by atoms with Crippen LogP contribution in [0.5, 0.6) is 0 Å². The quantitative estimate of drug-likeness (QED) is 0.769. The van der Waals surface area contributed by atoms with Crippen LogP contribution in [-0.4, -0.2) is 31.2 Å². The lowest BCUT2D eigenvalue weighted by atomic mass is 9.89. The van der Waals surface area contributed by atoms with Crippen LogP contribution in [0, 0.1) is 5.92 Å². The van der Waals surface area contributed by atoms with Crippen molar-refractivity contribution in [2.45, 2.75) is 56.4 Å². The number of rotatable bonds is 4. The zero-order chi connectivity index (χ0) is 11.2. The molecule has 2 fully saturated rings. The van der Waals surface area contributed by atoms with Gasteiger partial charge in [0.05, 0.1) is 6.10 Å². The molecule has 1 aliphatic carbocycles. The van der Waals surface area contributed by atoms with Crippen molar-refractivity contribution in [3.63, 3.8) is 0 Å². The zero-order valence-electron chi connectivity index (χ0n) is 10.1. The van der Waals surface area contributed by atoms with E-state index in [1.54, 1.807) is 0 Å². The maximum atomic E-state index is 6.19. The summed E-state index contributed by atoms with van der Waals surface area (Å²) in [5, 5.41) is 3.98. The van der Waals surface area contributed by atoms with Crippen LogP contribution in [-0.2, 0) is 4.74 Å². The van der Waals surface area contributed by atoms with Crippen molar-refractivity contribution >= 4 is 11.6 Å². The van der Waals surface area contributed by atoms with Crippen LogP contribution >= 0.6 is 11.6 Å². The molecular formula is C13H24ClNO. The van der Waals surface area contributed by atoms with E-state index in [2.05, 4.69) is 5.32 Å². The minimum atomic E-state index is 0.423. The van der Waals surface area contributed by atoms with Gasteiger partial charge in [-0.2, -0.15) is 0 Å². The van der Waals surface area contributed by atoms with Gasteiger partial charge in [0.15, 0.2) is 0 Å². The molecule has 0 spiro atoms. The summed E-state index contributed by atoms with van der Waals surface area (Å²) in [4.78, 5) is 0. The first-order valence-corrected chi connectivity index (χ1v) is 7.24. The molecular weight excluding hydrogens is 222 g/mol. The Kier molecular flexibility index (Phi) is 5.40. The molecule has 1 saturated heterocycles. The van der Waals surface area contributed by atoms with E-state index < -0.39 is 0 Å². The molecule has 0 aromatic heterocycles. The Morgan fingerprint density at radius 3 is 2.75 bits per heavy atom. The number of alkyl halides is 1. The third-order valence-corrected chi connectivity index (χ3v) is 4.19. The number of nitrogens with one attached hydrogen (secondary N) is 1. The monoisotopic (exact) mass is 245 g/mol. The molecule has 0 aromatic carbocycles. The Bertz CT molecular complexity index is 194. The Labute approximate surface area is 104 Å². The minimum absolute atomic E-state index is 0.423. The minimum Gasteiger partial charge on any atom is -0.377 e. The highest BCUT2D eigenvalue weighted by atomic mass is 35.5. The van der Waals surface area contributed by atoms with Crippen molar-refractivity contribution in [3.8, 4) is 0 Å². The molecule has 1 N–H and O–H groups in total. The van der Waals surface area contributed by atoms with Gasteiger partial charge in [-0.3, -0.25) is 0 Å². The molecule has 3 heteroatoms. The smallest absolute Gasteiger partial charge is 0.0699 e. The van der Waals surface area contributed by atoms with E-state index >= 15 is 0 Å². The fourth-order valence-electron chi connectivity index (χ4n) is 2.83. The molecule has 0 bridgehead atoms. The molecule has 2 aliphatic rings. The lowest BCUT2D eigenvalue weighted by molar-refractivity contribution is 0.0163. The van der Waals surface area contributed by atoms with Crippen LogP contribution in [0.3, 0.4) is 0 Å². The number of hydrogen-bond donors (Lipinski definition) is 1. The predicted octanol–water partition coefficient (Wildman–Crippen LogP) is 2.94. The fourth-order valence-corrected chi connectivity index (χ4v) is 3.23. The Balaban J connectivity index is 1.56. The first kappa shape index (κ1) is 12.7. The molecule has 0 radical (unpaired) electrons. The summed E-state index contributed by atoms with van der Waals surface area (Å²) in [7, 11) is 0. The van der Waals surface area contributed by atoms with Gasteiger partial charge in [-0.05, 0) is 51.0 Å². The van der Waals surface area contributed by atoms with E-state index in [0.717, 1.165) is 25.6 Å².